The van der Waals surface area contributed by atoms with E-state index < -0.39 is 10.2 Å². The fraction of sp³-hybridized carbons (Fsp3) is 0.444. The Labute approximate surface area is 163 Å². The van der Waals surface area contributed by atoms with Crippen LogP contribution in [0.5, 0.6) is 0 Å². The van der Waals surface area contributed by atoms with E-state index in [-0.39, 0.29) is 18.0 Å². The minimum Gasteiger partial charge on any atom is -0.361 e. The average molecular weight is 404 g/mol. The van der Waals surface area contributed by atoms with Gasteiger partial charge in [-0.3, -0.25) is 0 Å². The number of thiazole rings is 1. The molecule has 0 radical (unpaired) electrons. The minimum absolute atomic E-state index is 0.120. The molecule has 0 spiro atoms. The number of nitriles is 1. The lowest BCUT2D eigenvalue weighted by atomic mass is 9.96. The highest BCUT2D eigenvalue weighted by atomic mass is 32.2. The summed E-state index contributed by atoms with van der Waals surface area (Å²) in [5, 5.41) is 12.3. The Morgan fingerprint density at radius 1 is 1.41 bits per heavy atom. The third-order valence-corrected chi connectivity index (χ3v) is 7.74. The summed E-state index contributed by atoms with van der Waals surface area (Å²) in [6.45, 7) is 0.699. The lowest BCUT2D eigenvalue weighted by Crippen LogP contribution is -2.42. The van der Waals surface area contributed by atoms with Crippen molar-refractivity contribution in [3.63, 3.8) is 0 Å². The van der Waals surface area contributed by atoms with Crippen LogP contribution >= 0.6 is 11.3 Å². The Balaban J connectivity index is 1.65. The third-order valence-electron chi connectivity index (χ3n) is 5.38. The number of rotatable bonds is 5. The lowest BCUT2D eigenvalue weighted by Gasteiger charge is -2.27. The maximum atomic E-state index is 12.2. The molecule has 0 bridgehead atoms. The number of nitrogens with zero attached hydrogens (tertiary/aromatic N) is 4. The third kappa shape index (κ3) is 3.34. The molecular formula is C18H21N5O2S2. The summed E-state index contributed by atoms with van der Waals surface area (Å²) in [6, 6.07) is 8.11. The van der Waals surface area contributed by atoms with Crippen LogP contribution in [-0.4, -0.2) is 43.9 Å². The van der Waals surface area contributed by atoms with Crippen molar-refractivity contribution in [2.75, 3.05) is 19.0 Å². The van der Waals surface area contributed by atoms with E-state index in [9.17, 15) is 13.7 Å². The predicted octanol–water partition coefficient (Wildman–Crippen LogP) is 2.05. The fourth-order valence-corrected chi connectivity index (χ4v) is 5.59. The largest absolute Gasteiger partial charge is 0.361 e. The van der Waals surface area contributed by atoms with Crippen molar-refractivity contribution < 1.29 is 8.42 Å². The second-order valence-corrected chi connectivity index (χ2v) is 10.1. The first-order valence-electron chi connectivity index (χ1n) is 8.78. The molecule has 142 valence electrons. The van der Waals surface area contributed by atoms with Crippen LogP contribution in [0, 0.1) is 11.3 Å². The van der Waals surface area contributed by atoms with Crippen LogP contribution in [-0.2, 0) is 16.8 Å². The highest BCUT2D eigenvalue weighted by Crippen LogP contribution is 2.50. The van der Waals surface area contributed by atoms with Gasteiger partial charge in [0.15, 0.2) is 0 Å². The summed E-state index contributed by atoms with van der Waals surface area (Å²) in [4.78, 5) is 6.73. The zero-order valence-corrected chi connectivity index (χ0v) is 16.8. The molecule has 2 heterocycles. The van der Waals surface area contributed by atoms with E-state index >= 15 is 0 Å². The zero-order valence-electron chi connectivity index (χ0n) is 15.2. The molecule has 1 N–H and O–H groups in total. The Kier molecular flexibility index (Phi) is 4.68. The molecule has 0 saturated heterocycles. The normalized spacial score (nSPS) is 24.1. The van der Waals surface area contributed by atoms with Crippen LogP contribution in [0.1, 0.15) is 34.9 Å². The molecule has 27 heavy (non-hydrogen) atoms. The average Bonchev–Trinajstić information content (AvgIpc) is 3.33. The van der Waals surface area contributed by atoms with Gasteiger partial charge in [-0.25, -0.2) is 4.98 Å². The summed E-state index contributed by atoms with van der Waals surface area (Å²) in [5.41, 5.74) is 2.91. The van der Waals surface area contributed by atoms with Gasteiger partial charge in [0.05, 0.1) is 18.2 Å². The summed E-state index contributed by atoms with van der Waals surface area (Å²) in [5.74, 6) is 0.211. The number of benzene rings is 1. The molecule has 2 aromatic rings. The van der Waals surface area contributed by atoms with Gasteiger partial charge in [-0.2, -0.15) is 22.7 Å². The number of nitrogens with one attached hydrogen (secondary N) is 1. The highest BCUT2D eigenvalue weighted by Gasteiger charge is 2.46. The highest BCUT2D eigenvalue weighted by molar-refractivity contribution is 7.87. The van der Waals surface area contributed by atoms with Crippen molar-refractivity contribution in [1.82, 2.24) is 14.0 Å². The van der Waals surface area contributed by atoms with Crippen molar-refractivity contribution in [3.05, 3.63) is 45.9 Å². The quantitative estimate of drug-likeness (QED) is 0.825. The summed E-state index contributed by atoms with van der Waals surface area (Å²) >= 11 is 1.62. The Hall–Kier alpha value is -1.99. The molecule has 2 aliphatic rings. The van der Waals surface area contributed by atoms with Gasteiger partial charge in [0.25, 0.3) is 10.2 Å². The van der Waals surface area contributed by atoms with Gasteiger partial charge in [0.2, 0.25) is 0 Å². The van der Waals surface area contributed by atoms with Crippen molar-refractivity contribution in [1.29, 1.82) is 5.26 Å². The van der Waals surface area contributed by atoms with E-state index in [2.05, 4.69) is 20.7 Å². The molecule has 2 unspecified atom stereocenters. The molecule has 1 aromatic heterocycles. The van der Waals surface area contributed by atoms with E-state index in [4.69, 9.17) is 0 Å². The topological polar surface area (TPSA) is 89.3 Å². The Morgan fingerprint density at radius 3 is 2.89 bits per heavy atom. The van der Waals surface area contributed by atoms with Gasteiger partial charge >= 0.3 is 0 Å². The first-order chi connectivity index (χ1) is 12.9. The first kappa shape index (κ1) is 18.4. The molecule has 7 nitrogen and oxygen atoms in total. The van der Waals surface area contributed by atoms with Crippen molar-refractivity contribution in [2.24, 2.45) is 0 Å². The second kappa shape index (κ2) is 6.87. The standard InChI is InChI=1S/C18H21N5O2S2/c1-22(2)27(24,25)21-13-8-15-14-7-12(10-19)3-4-16(14)23(17(15)9-13)11-18-20-5-6-26-18/h3-7,13,15,17,21H,8-9,11H2,1-2H3/t13-,15?,17?/m1/s1. The molecule has 0 amide bonds. The van der Waals surface area contributed by atoms with Crippen LogP contribution in [0.4, 0.5) is 5.69 Å². The lowest BCUT2D eigenvalue weighted by molar-refractivity contribution is 0.483. The maximum Gasteiger partial charge on any atom is 0.279 e. The maximum absolute atomic E-state index is 12.2. The van der Waals surface area contributed by atoms with Crippen LogP contribution < -0.4 is 9.62 Å². The second-order valence-electron chi connectivity index (χ2n) is 7.19. The molecule has 1 aliphatic carbocycles. The van der Waals surface area contributed by atoms with Gasteiger partial charge in [-0.1, -0.05) is 0 Å². The molecular weight excluding hydrogens is 382 g/mol. The monoisotopic (exact) mass is 403 g/mol. The SMILES string of the molecule is CN(C)S(=O)(=O)N[C@@H]1CC2c3cc(C#N)ccc3N(Cc3nccs3)C2C1. The molecule has 3 atom stereocenters. The summed E-state index contributed by atoms with van der Waals surface area (Å²) < 4.78 is 28.5. The van der Waals surface area contributed by atoms with E-state index in [0.717, 1.165) is 29.1 Å². The fourth-order valence-electron chi connectivity index (χ4n) is 4.15. The molecule has 1 aromatic carbocycles. The Morgan fingerprint density at radius 2 is 2.22 bits per heavy atom. The summed E-state index contributed by atoms with van der Waals surface area (Å²) in [7, 11) is -0.410. The smallest absolute Gasteiger partial charge is 0.279 e. The number of hydrogen-bond donors (Lipinski definition) is 1. The van der Waals surface area contributed by atoms with E-state index in [1.165, 1.54) is 18.4 Å². The van der Waals surface area contributed by atoms with Crippen LogP contribution in [0.25, 0.3) is 0 Å². The molecule has 4 rings (SSSR count). The van der Waals surface area contributed by atoms with Gasteiger partial charge in [-0.15, -0.1) is 11.3 Å². The number of anilines is 1. The van der Waals surface area contributed by atoms with E-state index in [0.29, 0.717) is 12.1 Å². The van der Waals surface area contributed by atoms with Crippen LogP contribution in [0.2, 0.25) is 0 Å². The Bertz CT molecular complexity index is 982. The number of hydrogen-bond acceptors (Lipinski definition) is 6. The van der Waals surface area contributed by atoms with E-state index in [1.54, 1.807) is 17.5 Å². The first-order valence-corrected chi connectivity index (χ1v) is 11.1. The van der Waals surface area contributed by atoms with Gasteiger partial charge < -0.3 is 4.90 Å². The van der Waals surface area contributed by atoms with Gasteiger partial charge in [-0.05, 0) is 36.6 Å². The predicted molar refractivity (Wildman–Crippen MR) is 105 cm³/mol. The molecule has 1 fully saturated rings. The minimum atomic E-state index is -3.47. The van der Waals surface area contributed by atoms with Crippen molar-refractivity contribution >= 4 is 27.2 Å². The van der Waals surface area contributed by atoms with Crippen LogP contribution in [0.15, 0.2) is 29.8 Å². The van der Waals surface area contributed by atoms with Crippen molar-refractivity contribution in [2.45, 2.75) is 37.4 Å². The van der Waals surface area contributed by atoms with E-state index in [1.807, 2.05) is 23.6 Å². The number of aromatic nitrogens is 1. The number of fused-ring (bicyclic) bond motifs is 3. The molecule has 1 aliphatic heterocycles. The van der Waals surface area contributed by atoms with Gasteiger partial charge in [0.1, 0.15) is 5.01 Å². The molecule has 1 saturated carbocycles. The van der Waals surface area contributed by atoms with Crippen LogP contribution in [0.3, 0.4) is 0 Å². The zero-order chi connectivity index (χ0) is 19.2. The molecule has 9 heteroatoms. The van der Waals surface area contributed by atoms with Crippen molar-refractivity contribution in [3.8, 4) is 6.07 Å². The summed E-state index contributed by atoms with van der Waals surface area (Å²) in [6.07, 6.45) is 3.27. The van der Waals surface area contributed by atoms with Gasteiger partial charge in [0, 0.05) is 49.4 Å².